The molecule has 2 N–H and O–H groups in total. The van der Waals surface area contributed by atoms with Crippen LogP contribution < -0.4 is 10.6 Å². The molecule has 1 fully saturated rings. The Bertz CT molecular complexity index is 363. The van der Waals surface area contributed by atoms with Gasteiger partial charge in [-0.2, -0.15) is 0 Å². The second-order valence-corrected chi connectivity index (χ2v) is 8.38. The lowest BCUT2D eigenvalue weighted by atomic mass is 9.89. The quantitative estimate of drug-likeness (QED) is 0.326. The number of piperidine rings is 1. The van der Waals surface area contributed by atoms with Crippen molar-refractivity contribution in [2.45, 2.75) is 59.4 Å². The highest BCUT2D eigenvalue weighted by molar-refractivity contribution is 14.0. The molecule has 0 aromatic carbocycles. The Morgan fingerprint density at radius 3 is 2.44 bits per heavy atom. The molecule has 0 aromatic rings. The highest BCUT2D eigenvalue weighted by atomic mass is 127. The van der Waals surface area contributed by atoms with Gasteiger partial charge in [-0.15, -0.1) is 24.0 Å². The Kier molecular flexibility index (Phi) is 13.1. The minimum Gasteiger partial charge on any atom is -0.383 e. The van der Waals surface area contributed by atoms with Crippen LogP contribution >= 0.6 is 24.0 Å². The van der Waals surface area contributed by atoms with E-state index in [0.29, 0.717) is 11.5 Å². The maximum atomic E-state index is 5.16. The van der Waals surface area contributed by atoms with Crippen LogP contribution in [0, 0.1) is 11.3 Å². The van der Waals surface area contributed by atoms with Gasteiger partial charge in [-0.3, -0.25) is 4.99 Å². The molecule has 25 heavy (non-hydrogen) atoms. The molecule has 0 saturated carbocycles. The highest BCUT2D eigenvalue weighted by Crippen LogP contribution is 2.21. The van der Waals surface area contributed by atoms with Gasteiger partial charge in [0.2, 0.25) is 0 Å². The first-order valence-electron chi connectivity index (χ1n) is 9.52. The molecule has 1 rings (SSSR count). The predicted molar refractivity (Wildman–Crippen MR) is 119 cm³/mol. The molecule has 5 nitrogen and oxygen atoms in total. The Hall–Kier alpha value is -0.0800. The van der Waals surface area contributed by atoms with Crippen molar-refractivity contribution in [2.75, 3.05) is 46.9 Å². The van der Waals surface area contributed by atoms with Crippen LogP contribution in [0.15, 0.2) is 4.99 Å². The second kappa shape index (κ2) is 13.1. The number of rotatable bonds is 8. The summed E-state index contributed by atoms with van der Waals surface area (Å²) in [4.78, 5) is 6.88. The molecular weight excluding hydrogens is 427 g/mol. The van der Waals surface area contributed by atoms with Gasteiger partial charge in [0.15, 0.2) is 5.96 Å². The number of nitrogens with one attached hydrogen (secondary N) is 2. The van der Waals surface area contributed by atoms with Crippen molar-refractivity contribution in [1.82, 2.24) is 15.5 Å². The number of halogens is 1. The van der Waals surface area contributed by atoms with Gasteiger partial charge < -0.3 is 20.3 Å². The SMILES string of the molecule is CN=C(NCC1CCN(CCOC)CC1)NC(C)CCC(C)(C)C.I. The Morgan fingerprint density at radius 2 is 1.92 bits per heavy atom. The van der Waals surface area contributed by atoms with E-state index in [4.69, 9.17) is 4.74 Å². The smallest absolute Gasteiger partial charge is 0.191 e. The van der Waals surface area contributed by atoms with Crippen LogP contribution in [0.25, 0.3) is 0 Å². The fourth-order valence-electron chi connectivity index (χ4n) is 3.03. The molecule has 150 valence electrons. The normalized spacial score (nSPS) is 18.6. The number of methoxy groups -OCH3 is 1. The molecule has 0 amide bonds. The molecule has 1 heterocycles. The summed E-state index contributed by atoms with van der Waals surface area (Å²) < 4.78 is 5.16. The van der Waals surface area contributed by atoms with E-state index in [1.165, 1.54) is 38.8 Å². The Balaban J connectivity index is 0.00000576. The summed E-state index contributed by atoms with van der Waals surface area (Å²) in [7, 11) is 3.64. The van der Waals surface area contributed by atoms with Gasteiger partial charge in [-0.25, -0.2) is 0 Å². The zero-order valence-corrected chi connectivity index (χ0v) is 19.6. The van der Waals surface area contributed by atoms with Gasteiger partial charge in [0.1, 0.15) is 0 Å². The maximum absolute atomic E-state index is 5.16. The van der Waals surface area contributed by atoms with Crippen molar-refractivity contribution < 1.29 is 4.74 Å². The van der Waals surface area contributed by atoms with E-state index >= 15 is 0 Å². The number of likely N-dealkylation sites (tertiary alicyclic amines) is 1. The van der Waals surface area contributed by atoms with Gasteiger partial charge >= 0.3 is 0 Å². The second-order valence-electron chi connectivity index (χ2n) is 8.38. The lowest BCUT2D eigenvalue weighted by molar-refractivity contribution is 0.121. The van der Waals surface area contributed by atoms with Gasteiger partial charge in [-0.05, 0) is 57.0 Å². The molecule has 0 spiro atoms. The summed E-state index contributed by atoms with van der Waals surface area (Å²) >= 11 is 0. The highest BCUT2D eigenvalue weighted by Gasteiger charge is 2.19. The van der Waals surface area contributed by atoms with E-state index < -0.39 is 0 Å². The average Bonchev–Trinajstić information content (AvgIpc) is 2.55. The summed E-state index contributed by atoms with van der Waals surface area (Å²) in [5.74, 6) is 1.69. The minimum atomic E-state index is 0. The van der Waals surface area contributed by atoms with Crippen LogP contribution in [0.1, 0.15) is 53.4 Å². The van der Waals surface area contributed by atoms with Crippen LogP contribution in [0.2, 0.25) is 0 Å². The molecular formula is C19H41IN4O. The fourth-order valence-corrected chi connectivity index (χ4v) is 3.03. The van der Waals surface area contributed by atoms with E-state index in [2.05, 4.69) is 48.2 Å². The summed E-state index contributed by atoms with van der Waals surface area (Å²) in [5, 5.41) is 7.05. The number of nitrogens with zero attached hydrogens (tertiary/aromatic N) is 2. The first-order chi connectivity index (χ1) is 11.3. The van der Waals surface area contributed by atoms with Crippen molar-refractivity contribution in [3.63, 3.8) is 0 Å². The predicted octanol–water partition coefficient (Wildman–Crippen LogP) is 3.34. The van der Waals surface area contributed by atoms with Crippen molar-refractivity contribution in [3.8, 4) is 0 Å². The van der Waals surface area contributed by atoms with Crippen LogP contribution in [-0.2, 0) is 4.74 Å². The third-order valence-corrected chi connectivity index (χ3v) is 4.81. The molecule has 1 aliphatic heterocycles. The van der Waals surface area contributed by atoms with Gasteiger partial charge in [0.05, 0.1) is 6.61 Å². The first kappa shape index (κ1) is 24.9. The molecule has 1 aliphatic rings. The summed E-state index contributed by atoms with van der Waals surface area (Å²) in [5.41, 5.74) is 0.393. The number of aliphatic imine (C=N–C) groups is 1. The maximum Gasteiger partial charge on any atom is 0.191 e. The molecule has 1 saturated heterocycles. The van der Waals surface area contributed by atoms with Crippen molar-refractivity contribution in [2.24, 2.45) is 16.3 Å². The van der Waals surface area contributed by atoms with Gasteiger partial charge in [0, 0.05) is 33.3 Å². The van der Waals surface area contributed by atoms with Crippen molar-refractivity contribution >= 4 is 29.9 Å². The molecule has 1 unspecified atom stereocenters. The van der Waals surface area contributed by atoms with E-state index in [9.17, 15) is 0 Å². The summed E-state index contributed by atoms with van der Waals surface area (Å²) in [6.45, 7) is 14.4. The van der Waals surface area contributed by atoms with Crippen LogP contribution in [0.4, 0.5) is 0 Å². The standard InChI is InChI=1S/C19H40N4O.HI/c1-16(7-10-19(2,3)4)22-18(20-5)21-15-17-8-11-23(12-9-17)13-14-24-6;/h16-17H,7-15H2,1-6H3,(H2,20,21,22);1H. The topological polar surface area (TPSA) is 48.9 Å². The first-order valence-corrected chi connectivity index (χ1v) is 9.52. The van der Waals surface area contributed by atoms with E-state index in [0.717, 1.165) is 31.6 Å². The number of ether oxygens (including phenoxy) is 1. The zero-order valence-electron chi connectivity index (χ0n) is 17.2. The number of hydrogen-bond acceptors (Lipinski definition) is 3. The third-order valence-electron chi connectivity index (χ3n) is 4.81. The van der Waals surface area contributed by atoms with Crippen LogP contribution in [0.5, 0.6) is 0 Å². The summed E-state index contributed by atoms with van der Waals surface area (Å²) in [6, 6.07) is 0.450. The van der Waals surface area contributed by atoms with Gasteiger partial charge in [0.25, 0.3) is 0 Å². The fraction of sp³-hybridized carbons (Fsp3) is 0.947. The lowest BCUT2D eigenvalue weighted by Crippen LogP contribution is -2.45. The van der Waals surface area contributed by atoms with Crippen molar-refractivity contribution in [1.29, 1.82) is 0 Å². The van der Waals surface area contributed by atoms with E-state index in [1.807, 2.05) is 7.05 Å². The van der Waals surface area contributed by atoms with Crippen molar-refractivity contribution in [3.05, 3.63) is 0 Å². The number of guanidine groups is 1. The number of hydrogen-bond donors (Lipinski definition) is 2. The van der Waals surface area contributed by atoms with Gasteiger partial charge in [-0.1, -0.05) is 20.8 Å². The lowest BCUT2D eigenvalue weighted by Gasteiger charge is -2.32. The monoisotopic (exact) mass is 468 g/mol. The summed E-state index contributed by atoms with van der Waals surface area (Å²) in [6.07, 6.45) is 4.90. The van der Waals surface area contributed by atoms with E-state index in [1.54, 1.807) is 7.11 Å². The molecule has 0 aromatic heterocycles. The van der Waals surface area contributed by atoms with Crippen LogP contribution in [-0.4, -0.2) is 63.8 Å². The Labute approximate surface area is 172 Å². The molecule has 0 bridgehead atoms. The Morgan fingerprint density at radius 1 is 1.28 bits per heavy atom. The third kappa shape index (κ3) is 12.0. The largest absolute Gasteiger partial charge is 0.383 e. The average molecular weight is 468 g/mol. The molecule has 0 aliphatic carbocycles. The van der Waals surface area contributed by atoms with E-state index in [-0.39, 0.29) is 24.0 Å². The molecule has 6 heteroatoms. The minimum absolute atomic E-state index is 0. The molecule has 0 radical (unpaired) electrons. The molecule has 1 atom stereocenters. The van der Waals surface area contributed by atoms with Crippen LogP contribution in [0.3, 0.4) is 0 Å². The zero-order chi connectivity index (χ0) is 18.0.